The van der Waals surface area contributed by atoms with Crippen molar-refractivity contribution in [3.05, 3.63) is 95.6 Å². The molecule has 212 valence electrons. The highest BCUT2D eigenvalue weighted by Gasteiger charge is 2.40. The van der Waals surface area contributed by atoms with Crippen LogP contribution in [0.5, 0.6) is 11.5 Å². The molecule has 0 spiro atoms. The Morgan fingerprint density at radius 1 is 0.974 bits per heavy atom. The Balaban J connectivity index is 0.000000771. The summed E-state index contributed by atoms with van der Waals surface area (Å²) in [4.78, 5) is 0. The highest BCUT2D eigenvalue weighted by atomic mass is 35.5. The number of benzene rings is 3. The molecule has 0 aromatic heterocycles. The second-order valence-corrected chi connectivity index (χ2v) is 10.2. The second kappa shape index (κ2) is 14.6. The molecule has 3 unspecified atom stereocenters. The van der Waals surface area contributed by atoms with Crippen LogP contribution in [0.3, 0.4) is 0 Å². The molecule has 0 saturated carbocycles. The Bertz CT molecular complexity index is 1220. The molecule has 0 bridgehead atoms. The Labute approximate surface area is 235 Å². The molecule has 39 heavy (non-hydrogen) atoms. The van der Waals surface area contributed by atoms with Crippen molar-refractivity contribution in [2.24, 2.45) is 0 Å². The van der Waals surface area contributed by atoms with Crippen molar-refractivity contribution in [1.82, 2.24) is 0 Å². The first kappa shape index (κ1) is 30.9. The minimum atomic E-state index is -5.17. The van der Waals surface area contributed by atoms with Gasteiger partial charge in [-0.2, -0.15) is 0 Å². The zero-order valence-electron chi connectivity index (χ0n) is 21.7. The average molecular weight is 577 g/mol. The van der Waals surface area contributed by atoms with Gasteiger partial charge in [0.1, 0.15) is 23.7 Å². The fourth-order valence-electron chi connectivity index (χ4n) is 4.73. The van der Waals surface area contributed by atoms with Crippen LogP contribution in [0.15, 0.2) is 78.9 Å². The van der Waals surface area contributed by atoms with E-state index in [1.165, 1.54) is 0 Å². The van der Waals surface area contributed by atoms with Gasteiger partial charge in [0.25, 0.3) is 0 Å². The lowest BCUT2D eigenvalue weighted by Crippen LogP contribution is -2.35. The first-order valence-corrected chi connectivity index (χ1v) is 14.6. The third-order valence-corrected chi connectivity index (χ3v) is 6.61. The molecule has 1 fully saturated rings. The molecule has 3 aromatic carbocycles. The number of ether oxygens (including phenoxy) is 3. The molecular formula is C29H33ClO8S-2. The van der Waals surface area contributed by atoms with Gasteiger partial charge < -0.3 is 28.4 Å². The molecule has 1 aliphatic heterocycles. The van der Waals surface area contributed by atoms with Crippen LogP contribution >= 0.6 is 11.6 Å². The SMILES string of the molecule is CCC(c1ccccc1)C(O)(c1ccc(OCCCl)cc1)c1ccc(OC2CCCCO2)cc1.O=S(=O)([O-])[O-]. The predicted molar refractivity (Wildman–Crippen MR) is 146 cm³/mol. The maximum Gasteiger partial charge on any atom is 0.199 e. The number of rotatable bonds is 10. The van der Waals surface area contributed by atoms with Gasteiger partial charge in [0.05, 0.1) is 12.5 Å². The van der Waals surface area contributed by atoms with Gasteiger partial charge in [-0.1, -0.05) is 61.5 Å². The zero-order chi connectivity index (χ0) is 28.3. The first-order chi connectivity index (χ1) is 18.6. The summed E-state index contributed by atoms with van der Waals surface area (Å²) in [6.07, 6.45) is 3.66. The maximum atomic E-state index is 12.4. The van der Waals surface area contributed by atoms with E-state index in [1.807, 2.05) is 66.7 Å². The smallest absolute Gasteiger partial charge is 0.199 e. The van der Waals surface area contributed by atoms with Crippen molar-refractivity contribution in [2.75, 3.05) is 19.1 Å². The highest BCUT2D eigenvalue weighted by Crippen LogP contribution is 2.45. The van der Waals surface area contributed by atoms with Crippen molar-refractivity contribution in [3.8, 4) is 11.5 Å². The summed E-state index contributed by atoms with van der Waals surface area (Å²) in [6, 6.07) is 25.6. The molecular weight excluding hydrogens is 544 g/mol. The van der Waals surface area contributed by atoms with E-state index in [0.29, 0.717) is 12.5 Å². The molecule has 1 saturated heterocycles. The van der Waals surface area contributed by atoms with E-state index in [4.69, 9.17) is 43.3 Å². The summed E-state index contributed by atoms with van der Waals surface area (Å²) in [5.74, 6) is 1.76. The maximum absolute atomic E-state index is 12.4. The van der Waals surface area contributed by atoms with Gasteiger partial charge in [-0.25, -0.2) is 0 Å². The van der Waals surface area contributed by atoms with Crippen LogP contribution in [-0.2, 0) is 20.7 Å². The lowest BCUT2D eigenvalue weighted by molar-refractivity contribution is -0.105. The lowest BCUT2D eigenvalue weighted by atomic mass is 9.72. The van der Waals surface area contributed by atoms with Crippen LogP contribution in [0, 0.1) is 0 Å². The third-order valence-electron chi connectivity index (χ3n) is 6.45. The van der Waals surface area contributed by atoms with Crippen molar-refractivity contribution in [2.45, 2.75) is 50.4 Å². The monoisotopic (exact) mass is 576 g/mol. The van der Waals surface area contributed by atoms with E-state index < -0.39 is 16.0 Å². The van der Waals surface area contributed by atoms with Gasteiger partial charge >= 0.3 is 0 Å². The van der Waals surface area contributed by atoms with Crippen molar-refractivity contribution in [3.63, 3.8) is 0 Å². The molecule has 8 nitrogen and oxygen atoms in total. The van der Waals surface area contributed by atoms with Gasteiger partial charge in [0.2, 0.25) is 0 Å². The number of halogens is 1. The first-order valence-electron chi connectivity index (χ1n) is 12.8. The summed E-state index contributed by atoms with van der Waals surface area (Å²) >= 11 is 5.75. The number of hydrogen-bond donors (Lipinski definition) is 1. The van der Waals surface area contributed by atoms with Crippen LogP contribution in [0.4, 0.5) is 0 Å². The van der Waals surface area contributed by atoms with E-state index >= 15 is 0 Å². The van der Waals surface area contributed by atoms with Gasteiger partial charge in [0.15, 0.2) is 6.29 Å². The van der Waals surface area contributed by atoms with E-state index in [0.717, 1.165) is 60.5 Å². The summed E-state index contributed by atoms with van der Waals surface area (Å²) < 4.78 is 51.5. The quantitative estimate of drug-likeness (QED) is 0.195. The minimum Gasteiger partial charge on any atom is -0.759 e. The summed E-state index contributed by atoms with van der Waals surface area (Å²) in [6.45, 7) is 3.29. The van der Waals surface area contributed by atoms with E-state index in [9.17, 15) is 5.11 Å². The Hall–Kier alpha value is -2.66. The van der Waals surface area contributed by atoms with Crippen LogP contribution < -0.4 is 9.47 Å². The van der Waals surface area contributed by atoms with Crippen molar-refractivity contribution >= 4 is 22.0 Å². The van der Waals surface area contributed by atoms with Crippen LogP contribution in [0.1, 0.15) is 55.2 Å². The standard InChI is InChI=1S/C29H33ClO4.H2O4S/c1-2-27(22-8-4-3-5-9-22)29(31,23-11-15-25(16-12-23)32-21-19-30)24-13-17-26(18-14-24)34-28-10-6-7-20-33-28;1-5(2,3)4/h3-5,8-9,11-18,27-28,31H,2,6-7,10,19-21H2,1H3;(H2,1,2,3,4)/p-2. The van der Waals surface area contributed by atoms with Gasteiger partial charge in [-0.05, 0) is 60.2 Å². The average Bonchev–Trinajstić information content (AvgIpc) is 2.93. The van der Waals surface area contributed by atoms with Crippen molar-refractivity contribution in [1.29, 1.82) is 0 Å². The Kier molecular flexibility index (Phi) is 11.6. The molecule has 4 rings (SSSR count). The van der Waals surface area contributed by atoms with Crippen LogP contribution in [0.2, 0.25) is 0 Å². The molecule has 0 amide bonds. The number of alkyl halides is 1. The van der Waals surface area contributed by atoms with E-state index in [-0.39, 0.29) is 12.2 Å². The fourth-order valence-corrected chi connectivity index (χ4v) is 4.81. The van der Waals surface area contributed by atoms with Gasteiger partial charge in [-0.15, -0.1) is 11.6 Å². The lowest BCUT2D eigenvalue weighted by Gasteiger charge is -2.37. The van der Waals surface area contributed by atoms with Crippen LogP contribution in [0.25, 0.3) is 0 Å². The Morgan fingerprint density at radius 3 is 2.03 bits per heavy atom. The molecule has 3 aromatic rings. The topological polar surface area (TPSA) is 128 Å². The number of aliphatic hydroxyl groups is 1. The van der Waals surface area contributed by atoms with E-state index in [1.54, 1.807) is 0 Å². The molecule has 1 aliphatic rings. The van der Waals surface area contributed by atoms with Gasteiger partial charge in [-0.3, -0.25) is 8.42 Å². The highest BCUT2D eigenvalue weighted by molar-refractivity contribution is 7.79. The normalized spacial score (nSPS) is 17.7. The summed E-state index contributed by atoms with van der Waals surface area (Å²) in [5.41, 5.74) is 1.48. The molecule has 10 heteroatoms. The van der Waals surface area contributed by atoms with Crippen LogP contribution in [-0.4, -0.2) is 48.0 Å². The molecule has 0 aliphatic carbocycles. The third kappa shape index (κ3) is 9.20. The minimum absolute atomic E-state index is 0.142. The fraction of sp³-hybridized carbons (Fsp3) is 0.379. The summed E-state index contributed by atoms with van der Waals surface area (Å²) in [7, 11) is -5.17. The molecule has 1 heterocycles. The van der Waals surface area contributed by atoms with Crippen molar-refractivity contribution < 1.29 is 36.8 Å². The molecule has 3 atom stereocenters. The zero-order valence-corrected chi connectivity index (χ0v) is 23.3. The Morgan fingerprint density at radius 2 is 1.54 bits per heavy atom. The molecule has 0 radical (unpaired) electrons. The molecule has 1 N–H and O–H groups in total. The predicted octanol–water partition coefficient (Wildman–Crippen LogP) is 5.30. The second-order valence-electron chi connectivity index (χ2n) is 9.05. The van der Waals surface area contributed by atoms with E-state index in [2.05, 4.69) is 19.1 Å². The number of hydrogen-bond acceptors (Lipinski definition) is 8. The van der Waals surface area contributed by atoms with Gasteiger partial charge in [0, 0.05) is 22.7 Å². The summed E-state index contributed by atoms with van der Waals surface area (Å²) in [5, 5.41) is 12.4. The largest absolute Gasteiger partial charge is 0.759 e.